The molecular formula is C20H24. The first-order valence-electron chi connectivity index (χ1n) is 7.26. The lowest BCUT2D eigenvalue weighted by molar-refractivity contribution is 0.547. The van der Waals surface area contributed by atoms with Gasteiger partial charge in [0.15, 0.2) is 0 Å². The van der Waals surface area contributed by atoms with Crippen LogP contribution in [0.15, 0.2) is 54.6 Å². The first-order valence-corrected chi connectivity index (χ1v) is 7.26. The van der Waals surface area contributed by atoms with Crippen molar-refractivity contribution >= 4 is 6.08 Å². The molecule has 0 bridgehead atoms. The third kappa shape index (κ3) is 4.70. The molecule has 0 atom stereocenters. The van der Waals surface area contributed by atoms with Crippen LogP contribution >= 0.6 is 0 Å². The molecule has 0 heterocycles. The van der Waals surface area contributed by atoms with Crippen molar-refractivity contribution in [1.29, 1.82) is 0 Å². The van der Waals surface area contributed by atoms with Crippen LogP contribution in [-0.2, 0) is 6.42 Å². The highest BCUT2D eigenvalue weighted by Crippen LogP contribution is 2.18. The molecule has 0 radical (unpaired) electrons. The van der Waals surface area contributed by atoms with Crippen LogP contribution in [-0.4, -0.2) is 0 Å². The molecule has 0 saturated heterocycles. The summed E-state index contributed by atoms with van der Waals surface area (Å²) in [4.78, 5) is 0. The van der Waals surface area contributed by atoms with E-state index in [1.54, 1.807) is 0 Å². The molecule has 0 aromatic heterocycles. The van der Waals surface area contributed by atoms with Crippen LogP contribution in [0.4, 0.5) is 0 Å². The van der Waals surface area contributed by atoms with E-state index in [9.17, 15) is 0 Å². The average molecular weight is 264 g/mol. The van der Waals surface area contributed by atoms with Crippen LogP contribution in [0.2, 0.25) is 0 Å². The van der Waals surface area contributed by atoms with Crippen molar-refractivity contribution in [3.8, 4) is 0 Å². The summed E-state index contributed by atoms with van der Waals surface area (Å²) in [7, 11) is 0. The van der Waals surface area contributed by atoms with E-state index in [1.165, 1.54) is 22.3 Å². The smallest absolute Gasteiger partial charge is 0.00255 e. The van der Waals surface area contributed by atoms with Crippen LogP contribution in [0.3, 0.4) is 0 Å². The van der Waals surface area contributed by atoms with Gasteiger partial charge in [-0.3, -0.25) is 0 Å². The van der Waals surface area contributed by atoms with Gasteiger partial charge < -0.3 is 0 Å². The molecule has 0 saturated carbocycles. The van der Waals surface area contributed by atoms with E-state index in [1.807, 2.05) is 0 Å². The summed E-state index contributed by atoms with van der Waals surface area (Å²) < 4.78 is 0. The second-order valence-corrected chi connectivity index (χ2v) is 6.61. The molecule has 104 valence electrons. The molecule has 0 spiro atoms. The first-order chi connectivity index (χ1) is 9.42. The number of hydrogen-bond donors (Lipinski definition) is 0. The Labute approximate surface area is 123 Å². The van der Waals surface area contributed by atoms with E-state index in [0.717, 1.165) is 6.42 Å². The SMILES string of the molecule is Cc1cccc(Cc2cccc(/C=C/C(C)(C)C)c2)c1. The standard InChI is InChI=1S/C20H24/c1-16-7-5-9-18(13-16)15-19-10-6-8-17(14-19)11-12-20(2,3)4/h5-14H,15H2,1-4H3/b12-11+. The van der Waals surface area contributed by atoms with Gasteiger partial charge in [-0.25, -0.2) is 0 Å². The lowest BCUT2D eigenvalue weighted by atomic mass is 9.94. The van der Waals surface area contributed by atoms with E-state index in [-0.39, 0.29) is 5.41 Å². The zero-order chi connectivity index (χ0) is 14.6. The van der Waals surface area contributed by atoms with Crippen LogP contribution < -0.4 is 0 Å². The van der Waals surface area contributed by atoms with Crippen molar-refractivity contribution < 1.29 is 0 Å². The van der Waals surface area contributed by atoms with Crippen LogP contribution in [0.1, 0.15) is 43.0 Å². The molecule has 2 rings (SSSR count). The van der Waals surface area contributed by atoms with E-state index in [0.29, 0.717) is 0 Å². The maximum atomic E-state index is 2.28. The molecule has 0 nitrogen and oxygen atoms in total. The highest BCUT2D eigenvalue weighted by atomic mass is 14.1. The van der Waals surface area contributed by atoms with Gasteiger partial charge in [-0.2, -0.15) is 0 Å². The quantitative estimate of drug-likeness (QED) is 0.672. The van der Waals surface area contributed by atoms with Crippen molar-refractivity contribution in [2.24, 2.45) is 5.41 Å². The number of hydrogen-bond acceptors (Lipinski definition) is 0. The normalized spacial score (nSPS) is 12.0. The van der Waals surface area contributed by atoms with E-state index in [2.05, 4.69) is 88.4 Å². The van der Waals surface area contributed by atoms with Gasteiger partial charge in [0.1, 0.15) is 0 Å². The topological polar surface area (TPSA) is 0 Å². The van der Waals surface area contributed by atoms with Gasteiger partial charge in [-0.15, -0.1) is 0 Å². The van der Waals surface area contributed by atoms with E-state index >= 15 is 0 Å². The maximum absolute atomic E-state index is 2.28. The van der Waals surface area contributed by atoms with Gasteiger partial charge in [0.05, 0.1) is 0 Å². The molecule has 0 heteroatoms. The maximum Gasteiger partial charge on any atom is -0.00255 e. The van der Waals surface area contributed by atoms with Crippen molar-refractivity contribution in [1.82, 2.24) is 0 Å². The minimum Gasteiger partial charge on any atom is -0.0785 e. The number of rotatable bonds is 3. The minimum atomic E-state index is 0.229. The van der Waals surface area contributed by atoms with Gasteiger partial charge in [0, 0.05) is 0 Å². The largest absolute Gasteiger partial charge is 0.0785 e. The Hall–Kier alpha value is -1.82. The Morgan fingerprint density at radius 2 is 1.55 bits per heavy atom. The molecule has 2 aromatic rings. The summed E-state index contributed by atoms with van der Waals surface area (Å²) in [5.74, 6) is 0. The predicted octanol–water partition coefficient (Wildman–Crippen LogP) is 5.65. The lowest BCUT2D eigenvalue weighted by Gasteiger charge is -2.11. The molecule has 0 fully saturated rings. The van der Waals surface area contributed by atoms with Crippen molar-refractivity contribution in [3.05, 3.63) is 76.9 Å². The molecule has 20 heavy (non-hydrogen) atoms. The van der Waals surface area contributed by atoms with Gasteiger partial charge in [-0.1, -0.05) is 87.0 Å². The number of benzene rings is 2. The Morgan fingerprint density at radius 3 is 2.20 bits per heavy atom. The molecule has 0 aliphatic heterocycles. The summed E-state index contributed by atoms with van der Waals surface area (Å²) >= 11 is 0. The molecule has 0 unspecified atom stereocenters. The van der Waals surface area contributed by atoms with Crippen LogP contribution in [0, 0.1) is 12.3 Å². The van der Waals surface area contributed by atoms with Crippen LogP contribution in [0.5, 0.6) is 0 Å². The molecule has 0 amide bonds. The van der Waals surface area contributed by atoms with Crippen molar-refractivity contribution in [3.63, 3.8) is 0 Å². The van der Waals surface area contributed by atoms with Gasteiger partial charge in [0.25, 0.3) is 0 Å². The lowest BCUT2D eigenvalue weighted by Crippen LogP contribution is -1.98. The summed E-state index contributed by atoms with van der Waals surface area (Å²) in [6, 6.07) is 17.5. The average Bonchev–Trinajstić information content (AvgIpc) is 2.36. The Balaban J connectivity index is 2.16. The molecular weight excluding hydrogens is 240 g/mol. The molecule has 2 aromatic carbocycles. The van der Waals surface area contributed by atoms with Gasteiger partial charge in [-0.05, 0) is 35.4 Å². The Kier molecular flexibility index (Phi) is 4.44. The highest BCUT2D eigenvalue weighted by Gasteiger charge is 2.03. The molecule has 0 aliphatic rings. The summed E-state index contributed by atoms with van der Waals surface area (Å²) in [5.41, 5.74) is 5.58. The first kappa shape index (κ1) is 14.6. The van der Waals surface area contributed by atoms with E-state index < -0.39 is 0 Å². The zero-order valence-electron chi connectivity index (χ0n) is 13.0. The fourth-order valence-electron chi connectivity index (χ4n) is 2.21. The summed E-state index contributed by atoms with van der Waals surface area (Å²) in [5, 5.41) is 0. The summed E-state index contributed by atoms with van der Waals surface area (Å²) in [6.07, 6.45) is 5.48. The second kappa shape index (κ2) is 6.09. The fraction of sp³-hybridized carbons (Fsp3) is 0.300. The Bertz CT molecular complexity index is 597. The molecule has 0 aliphatic carbocycles. The van der Waals surface area contributed by atoms with E-state index in [4.69, 9.17) is 0 Å². The third-order valence-corrected chi connectivity index (χ3v) is 3.22. The number of allylic oxidation sites excluding steroid dienone is 1. The van der Waals surface area contributed by atoms with Gasteiger partial charge in [0.2, 0.25) is 0 Å². The van der Waals surface area contributed by atoms with Crippen LogP contribution in [0.25, 0.3) is 6.08 Å². The fourth-order valence-corrected chi connectivity index (χ4v) is 2.21. The highest BCUT2D eigenvalue weighted by molar-refractivity contribution is 5.51. The van der Waals surface area contributed by atoms with Crippen molar-refractivity contribution in [2.75, 3.05) is 0 Å². The predicted molar refractivity (Wildman–Crippen MR) is 88.9 cm³/mol. The van der Waals surface area contributed by atoms with Gasteiger partial charge >= 0.3 is 0 Å². The third-order valence-electron chi connectivity index (χ3n) is 3.22. The zero-order valence-corrected chi connectivity index (χ0v) is 13.0. The second-order valence-electron chi connectivity index (χ2n) is 6.61. The summed E-state index contributed by atoms with van der Waals surface area (Å²) in [6.45, 7) is 8.81. The molecule has 0 N–H and O–H groups in total. The monoisotopic (exact) mass is 264 g/mol. The Morgan fingerprint density at radius 1 is 0.900 bits per heavy atom. The minimum absolute atomic E-state index is 0.229. The number of aryl methyl sites for hydroxylation is 1. The van der Waals surface area contributed by atoms with Crippen molar-refractivity contribution in [2.45, 2.75) is 34.1 Å².